The molecule has 43 heavy (non-hydrogen) atoms. The van der Waals surface area contributed by atoms with Crippen molar-refractivity contribution in [3.63, 3.8) is 0 Å². The van der Waals surface area contributed by atoms with Crippen molar-refractivity contribution in [2.75, 3.05) is 18.0 Å². The van der Waals surface area contributed by atoms with Crippen LogP contribution in [0.4, 0.5) is 18.9 Å². The summed E-state index contributed by atoms with van der Waals surface area (Å²) in [6.07, 6.45) is -4.26. The van der Waals surface area contributed by atoms with Crippen LogP contribution in [-0.2, 0) is 32.3 Å². The number of ether oxygens (including phenoxy) is 1. The first-order valence-corrected chi connectivity index (χ1v) is 15.2. The summed E-state index contributed by atoms with van der Waals surface area (Å²) in [5, 5.41) is 2.19. The van der Waals surface area contributed by atoms with Gasteiger partial charge in [0.05, 0.1) is 28.3 Å². The monoisotopic (exact) mass is 639 g/mol. The van der Waals surface area contributed by atoms with E-state index in [4.69, 9.17) is 16.3 Å². The van der Waals surface area contributed by atoms with Crippen LogP contribution in [0, 0.1) is 0 Å². The number of carbonyl (C=O) groups excluding carboxylic acids is 2. The number of nitrogens with one attached hydrogen (secondary N) is 1. The molecule has 2 unspecified atom stereocenters. The molecule has 0 aromatic heterocycles. The standard InChI is InChI=1S/C30H33ClF3N3O5S/c1-5-20(2)35-29(39)21(3)36(18-22-10-9-11-24(16-22)42-4)28(38)19-37(43(40,41)25-12-7-6-8-13-25)23-14-15-27(31)26(17-23)30(32,33)34/h6-17,20-21H,5,18-19H2,1-4H3,(H,35,39). The Morgan fingerprint density at radius 2 is 1.67 bits per heavy atom. The molecule has 0 saturated carbocycles. The molecule has 3 rings (SSSR count). The third kappa shape index (κ3) is 8.41. The second-order valence-electron chi connectivity index (χ2n) is 9.85. The predicted octanol–water partition coefficient (Wildman–Crippen LogP) is 5.89. The van der Waals surface area contributed by atoms with Gasteiger partial charge in [-0.1, -0.05) is 48.9 Å². The maximum Gasteiger partial charge on any atom is 0.417 e. The van der Waals surface area contributed by atoms with Crippen molar-refractivity contribution >= 4 is 39.1 Å². The summed E-state index contributed by atoms with van der Waals surface area (Å²) in [7, 11) is -3.09. The van der Waals surface area contributed by atoms with Crippen LogP contribution < -0.4 is 14.4 Å². The molecule has 0 bridgehead atoms. The lowest BCUT2D eigenvalue weighted by atomic mass is 10.1. The number of benzene rings is 3. The molecule has 8 nitrogen and oxygen atoms in total. The van der Waals surface area contributed by atoms with Gasteiger partial charge < -0.3 is 15.0 Å². The van der Waals surface area contributed by atoms with Crippen LogP contribution in [0.15, 0.2) is 77.7 Å². The minimum Gasteiger partial charge on any atom is -0.497 e. The van der Waals surface area contributed by atoms with E-state index in [9.17, 15) is 31.2 Å². The summed E-state index contributed by atoms with van der Waals surface area (Å²) >= 11 is 5.80. The molecule has 0 heterocycles. The number of sulfonamides is 1. The Balaban J connectivity index is 2.11. The van der Waals surface area contributed by atoms with E-state index in [0.717, 1.165) is 12.1 Å². The predicted molar refractivity (Wildman–Crippen MR) is 158 cm³/mol. The van der Waals surface area contributed by atoms with Crippen LogP contribution in [0.5, 0.6) is 5.75 Å². The molecule has 3 aromatic carbocycles. The van der Waals surface area contributed by atoms with Crippen molar-refractivity contribution < 1.29 is 35.9 Å². The Morgan fingerprint density at radius 1 is 1.00 bits per heavy atom. The first-order chi connectivity index (χ1) is 20.2. The average Bonchev–Trinajstić information content (AvgIpc) is 2.98. The smallest absolute Gasteiger partial charge is 0.417 e. The minimum absolute atomic E-state index is 0.112. The zero-order valence-corrected chi connectivity index (χ0v) is 25.6. The summed E-state index contributed by atoms with van der Waals surface area (Å²) in [4.78, 5) is 28.0. The summed E-state index contributed by atoms with van der Waals surface area (Å²) in [5.74, 6) is -0.803. The lowest BCUT2D eigenvalue weighted by molar-refractivity contribution is -0.139. The Labute approximate surface area is 254 Å². The molecule has 0 aliphatic rings. The van der Waals surface area contributed by atoms with E-state index < -0.39 is 56.9 Å². The SMILES string of the molecule is CCC(C)NC(=O)C(C)N(Cc1cccc(OC)c1)C(=O)CN(c1ccc(Cl)c(C(F)(F)F)c1)S(=O)(=O)c1ccccc1. The van der Waals surface area contributed by atoms with E-state index in [1.807, 2.05) is 6.92 Å². The second-order valence-corrected chi connectivity index (χ2v) is 12.1. The highest BCUT2D eigenvalue weighted by molar-refractivity contribution is 7.92. The lowest BCUT2D eigenvalue weighted by Gasteiger charge is -2.32. The average molecular weight is 640 g/mol. The number of hydrogen-bond acceptors (Lipinski definition) is 5. The fourth-order valence-electron chi connectivity index (χ4n) is 4.15. The first kappa shape index (κ1) is 33.7. The van der Waals surface area contributed by atoms with Gasteiger partial charge in [0.2, 0.25) is 11.8 Å². The van der Waals surface area contributed by atoms with Crippen molar-refractivity contribution in [2.24, 2.45) is 0 Å². The third-order valence-corrected chi connectivity index (χ3v) is 8.93. The van der Waals surface area contributed by atoms with Gasteiger partial charge in [-0.15, -0.1) is 0 Å². The molecule has 0 fully saturated rings. The van der Waals surface area contributed by atoms with E-state index in [1.165, 1.54) is 43.2 Å². The largest absolute Gasteiger partial charge is 0.497 e. The van der Waals surface area contributed by atoms with Crippen LogP contribution in [0.1, 0.15) is 38.3 Å². The Morgan fingerprint density at radius 3 is 2.28 bits per heavy atom. The fraction of sp³-hybridized carbons (Fsp3) is 0.333. The van der Waals surface area contributed by atoms with Crippen LogP contribution in [0.2, 0.25) is 5.02 Å². The van der Waals surface area contributed by atoms with Crippen LogP contribution >= 0.6 is 11.6 Å². The third-order valence-electron chi connectivity index (χ3n) is 6.81. The number of nitrogens with zero attached hydrogens (tertiary/aromatic N) is 2. The lowest BCUT2D eigenvalue weighted by Crippen LogP contribution is -2.52. The van der Waals surface area contributed by atoms with Gasteiger partial charge in [-0.05, 0) is 68.3 Å². The van der Waals surface area contributed by atoms with Crippen molar-refractivity contribution in [2.45, 2.75) is 56.9 Å². The van der Waals surface area contributed by atoms with Crippen molar-refractivity contribution in [3.8, 4) is 5.75 Å². The zero-order valence-electron chi connectivity index (χ0n) is 24.1. The molecular formula is C30H33ClF3N3O5S. The number of methoxy groups -OCH3 is 1. The summed E-state index contributed by atoms with van der Waals surface area (Å²) < 4.78 is 74.7. The molecule has 232 valence electrons. The molecule has 13 heteroatoms. The highest BCUT2D eigenvalue weighted by atomic mass is 35.5. The number of rotatable bonds is 12. The van der Waals surface area contributed by atoms with Gasteiger partial charge in [0.25, 0.3) is 10.0 Å². The van der Waals surface area contributed by atoms with Crippen LogP contribution in [-0.4, -0.2) is 50.9 Å². The fourth-order valence-corrected chi connectivity index (χ4v) is 5.80. The van der Waals surface area contributed by atoms with Crippen LogP contribution in [0.3, 0.4) is 0 Å². The quantitative estimate of drug-likeness (QED) is 0.267. The normalized spacial score (nSPS) is 13.1. The molecular weight excluding hydrogens is 607 g/mol. The van der Waals surface area contributed by atoms with Gasteiger partial charge >= 0.3 is 6.18 Å². The maximum absolute atomic E-state index is 14.0. The Hall–Kier alpha value is -3.77. The van der Waals surface area contributed by atoms with Gasteiger partial charge in [0.15, 0.2) is 0 Å². The second kappa shape index (κ2) is 14.1. The van der Waals surface area contributed by atoms with Crippen LogP contribution in [0.25, 0.3) is 0 Å². The highest BCUT2D eigenvalue weighted by Gasteiger charge is 2.37. The summed E-state index contributed by atoms with van der Waals surface area (Å²) in [5.41, 5.74) is -1.10. The highest BCUT2D eigenvalue weighted by Crippen LogP contribution is 2.38. The topological polar surface area (TPSA) is 96.0 Å². The molecule has 1 N–H and O–H groups in total. The Kier molecular flexibility index (Phi) is 11.1. The van der Waals surface area contributed by atoms with Gasteiger partial charge in [-0.25, -0.2) is 8.42 Å². The van der Waals surface area contributed by atoms with Crippen molar-refractivity contribution in [3.05, 3.63) is 88.9 Å². The van der Waals surface area contributed by atoms with Gasteiger partial charge in [0, 0.05) is 12.6 Å². The molecule has 0 saturated heterocycles. The van der Waals surface area contributed by atoms with E-state index >= 15 is 0 Å². The van der Waals surface area contributed by atoms with E-state index in [2.05, 4.69) is 5.32 Å². The molecule has 0 radical (unpaired) electrons. The number of halogens is 4. The summed E-state index contributed by atoms with van der Waals surface area (Å²) in [6, 6.07) is 15.1. The Bertz CT molecular complexity index is 1540. The number of carbonyl (C=O) groups is 2. The van der Waals surface area contributed by atoms with E-state index in [1.54, 1.807) is 37.3 Å². The first-order valence-electron chi connectivity index (χ1n) is 13.4. The molecule has 3 aromatic rings. The molecule has 0 aliphatic heterocycles. The maximum atomic E-state index is 14.0. The minimum atomic E-state index is -4.89. The van der Waals surface area contributed by atoms with E-state index in [-0.39, 0.29) is 17.5 Å². The number of anilines is 1. The van der Waals surface area contributed by atoms with Gasteiger partial charge in [-0.3, -0.25) is 13.9 Å². The van der Waals surface area contributed by atoms with E-state index in [0.29, 0.717) is 28.1 Å². The zero-order chi connectivity index (χ0) is 31.9. The molecule has 2 amide bonds. The van der Waals surface area contributed by atoms with Crippen molar-refractivity contribution in [1.82, 2.24) is 10.2 Å². The molecule has 0 aliphatic carbocycles. The molecule has 2 atom stereocenters. The van der Waals surface area contributed by atoms with Gasteiger partial charge in [-0.2, -0.15) is 13.2 Å². The van der Waals surface area contributed by atoms with Gasteiger partial charge in [0.1, 0.15) is 18.3 Å². The van der Waals surface area contributed by atoms with Crippen molar-refractivity contribution in [1.29, 1.82) is 0 Å². The molecule has 0 spiro atoms. The number of alkyl halides is 3. The number of amides is 2. The summed E-state index contributed by atoms with van der Waals surface area (Å²) in [6.45, 7) is 4.16. The number of hydrogen-bond donors (Lipinski definition) is 1.